The Hall–Kier alpha value is -2.75. The zero-order valence-corrected chi connectivity index (χ0v) is 19.5. The molecule has 7 nitrogen and oxygen atoms in total. The molecule has 9 heteroatoms. The van der Waals surface area contributed by atoms with Gasteiger partial charge < -0.3 is 10.1 Å². The van der Waals surface area contributed by atoms with Crippen LogP contribution in [0.15, 0.2) is 59.5 Å². The highest BCUT2D eigenvalue weighted by Crippen LogP contribution is 2.21. The number of hydrogen-bond donors (Lipinski definition) is 3. The number of hydrogen-bond acceptors (Lipinski definition) is 5. The van der Waals surface area contributed by atoms with Crippen LogP contribution in [0.4, 0.5) is 5.69 Å². The van der Waals surface area contributed by atoms with Crippen LogP contribution in [0.1, 0.15) is 37.7 Å². The zero-order chi connectivity index (χ0) is 23.0. The van der Waals surface area contributed by atoms with Crippen LogP contribution in [0, 0.1) is 0 Å². The molecule has 2 aromatic rings. The second kappa shape index (κ2) is 11.2. The first-order chi connectivity index (χ1) is 15.4. The van der Waals surface area contributed by atoms with Gasteiger partial charge in [0.2, 0.25) is 15.9 Å². The van der Waals surface area contributed by atoms with Crippen molar-refractivity contribution >= 4 is 45.0 Å². The second-order valence-electron chi connectivity index (χ2n) is 7.53. The van der Waals surface area contributed by atoms with Gasteiger partial charge in [-0.3, -0.25) is 10.1 Å². The van der Waals surface area contributed by atoms with Gasteiger partial charge in [-0.2, -0.15) is 0 Å². The largest absolute Gasteiger partial charge is 0.497 e. The first-order valence-corrected chi connectivity index (χ1v) is 12.3. The van der Waals surface area contributed by atoms with Crippen LogP contribution in [-0.4, -0.2) is 32.6 Å². The van der Waals surface area contributed by atoms with Gasteiger partial charge in [-0.1, -0.05) is 31.4 Å². The molecule has 170 valence electrons. The molecular weight excluding hydrogens is 446 g/mol. The van der Waals surface area contributed by atoms with Crippen molar-refractivity contribution in [2.75, 3.05) is 12.4 Å². The SMILES string of the molecule is COc1ccc(/C=C/C(=O)NC(=S)Nc2ccc(S(=O)(=O)NC3CCCCC3)cc2)cc1. The Kier molecular flexibility index (Phi) is 8.38. The maximum absolute atomic E-state index is 12.6. The lowest BCUT2D eigenvalue weighted by atomic mass is 9.96. The lowest BCUT2D eigenvalue weighted by Gasteiger charge is -2.22. The number of amides is 1. The normalized spacial score (nSPS) is 14.8. The predicted octanol–water partition coefficient (Wildman–Crippen LogP) is 3.83. The molecule has 0 saturated heterocycles. The van der Waals surface area contributed by atoms with E-state index in [2.05, 4.69) is 15.4 Å². The molecule has 2 aromatic carbocycles. The van der Waals surface area contributed by atoms with Crippen LogP contribution in [0.2, 0.25) is 0 Å². The van der Waals surface area contributed by atoms with E-state index in [4.69, 9.17) is 17.0 Å². The third kappa shape index (κ3) is 7.15. The molecule has 1 aliphatic carbocycles. The van der Waals surface area contributed by atoms with Gasteiger partial charge in [-0.25, -0.2) is 13.1 Å². The predicted molar refractivity (Wildman–Crippen MR) is 130 cm³/mol. The maximum atomic E-state index is 12.6. The Morgan fingerprint density at radius 3 is 2.31 bits per heavy atom. The van der Waals surface area contributed by atoms with Crippen molar-refractivity contribution in [3.8, 4) is 5.75 Å². The van der Waals surface area contributed by atoms with E-state index in [1.807, 2.05) is 12.1 Å². The van der Waals surface area contributed by atoms with E-state index in [1.54, 1.807) is 37.5 Å². The van der Waals surface area contributed by atoms with Gasteiger partial charge in [0.1, 0.15) is 5.75 Å². The first kappa shape index (κ1) is 23.9. The second-order valence-corrected chi connectivity index (χ2v) is 9.65. The molecule has 32 heavy (non-hydrogen) atoms. The summed E-state index contributed by atoms with van der Waals surface area (Å²) in [5.74, 6) is 0.356. The number of anilines is 1. The summed E-state index contributed by atoms with van der Waals surface area (Å²) in [6.07, 6.45) is 8.05. The minimum absolute atomic E-state index is 0.000288. The van der Waals surface area contributed by atoms with Crippen LogP contribution in [-0.2, 0) is 14.8 Å². The zero-order valence-electron chi connectivity index (χ0n) is 17.8. The van der Waals surface area contributed by atoms with Crippen molar-refractivity contribution in [3.05, 3.63) is 60.2 Å². The number of ether oxygens (including phenoxy) is 1. The van der Waals surface area contributed by atoms with Gasteiger partial charge in [-0.05, 0) is 73.1 Å². The number of rotatable bonds is 7. The van der Waals surface area contributed by atoms with Gasteiger partial charge in [0.15, 0.2) is 5.11 Å². The summed E-state index contributed by atoms with van der Waals surface area (Å²) in [4.78, 5) is 12.3. The number of methoxy groups -OCH3 is 1. The van der Waals surface area contributed by atoms with E-state index in [1.165, 1.54) is 18.2 Å². The summed E-state index contributed by atoms with van der Waals surface area (Å²) in [7, 11) is -1.97. The Morgan fingerprint density at radius 1 is 1.03 bits per heavy atom. The lowest BCUT2D eigenvalue weighted by Crippen LogP contribution is -2.36. The summed E-state index contributed by atoms with van der Waals surface area (Å²) < 4.78 is 33.0. The fraction of sp³-hybridized carbons (Fsp3) is 0.304. The van der Waals surface area contributed by atoms with E-state index in [0.29, 0.717) is 5.69 Å². The maximum Gasteiger partial charge on any atom is 0.250 e. The number of carbonyl (C=O) groups is 1. The summed E-state index contributed by atoms with van der Waals surface area (Å²) >= 11 is 5.17. The van der Waals surface area contributed by atoms with Gasteiger partial charge in [0.05, 0.1) is 12.0 Å². The van der Waals surface area contributed by atoms with Crippen LogP contribution >= 0.6 is 12.2 Å². The van der Waals surface area contributed by atoms with Gasteiger partial charge in [0.25, 0.3) is 0 Å². The molecule has 1 aliphatic rings. The van der Waals surface area contributed by atoms with E-state index >= 15 is 0 Å². The smallest absolute Gasteiger partial charge is 0.250 e. The summed E-state index contributed by atoms with van der Waals surface area (Å²) in [5.41, 5.74) is 1.42. The monoisotopic (exact) mass is 473 g/mol. The molecule has 0 radical (unpaired) electrons. The van der Waals surface area contributed by atoms with Crippen molar-refractivity contribution in [2.24, 2.45) is 0 Å². The molecule has 0 heterocycles. The van der Waals surface area contributed by atoms with Crippen molar-refractivity contribution in [3.63, 3.8) is 0 Å². The standard InChI is InChI=1S/C23H27N3O4S2/c1-30-20-12-7-17(8-13-20)9-16-22(27)25-23(31)24-18-10-14-21(15-11-18)32(28,29)26-19-5-3-2-4-6-19/h7-16,19,26H,2-6H2,1H3,(H2,24,25,27,31)/b16-9+. The molecule has 1 amide bonds. The highest BCUT2D eigenvalue weighted by Gasteiger charge is 2.21. The average Bonchev–Trinajstić information content (AvgIpc) is 2.78. The average molecular weight is 474 g/mol. The molecule has 0 bridgehead atoms. The van der Waals surface area contributed by atoms with Crippen LogP contribution in [0.3, 0.4) is 0 Å². The molecule has 3 N–H and O–H groups in total. The topological polar surface area (TPSA) is 96.5 Å². The minimum atomic E-state index is -3.56. The van der Waals surface area contributed by atoms with Crippen molar-refractivity contribution in [1.29, 1.82) is 0 Å². The molecule has 0 aliphatic heterocycles. The van der Waals surface area contributed by atoms with E-state index in [-0.39, 0.29) is 22.0 Å². The van der Waals surface area contributed by atoms with Crippen LogP contribution in [0.25, 0.3) is 6.08 Å². The van der Waals surface area contributed by atoms with Crippen LogP contribution < -0.4 is 20.1 Å². The Balaban J connectivity index is 1.51. The van der Waals surface area contributed by atoms with Crippen LogP contribution in [0.5, 0.6) is 5.75 Å². The molecule has 1 fully saturated rings. The molecule has 0 spiro atoms. The third-order valence-electron chi connectivity index (χ3n) is 5.13. The van der Waals surface area contributed by atoms with Gasteiger partial charge in [-0.15, -0.1) is 0 Å². The highest BCUT2D eigenvalue weighted by atomic mass is 32.2. The lowest BCUT2D eigenvalue weighted by molar-refractivity contribution is -0.115. The minimum Gasteiger partial charge on any atom is -0.497 e. The van der Waals surface area contributed by atoms with E-state index in [9.17, 15) is 13.2 Å². The Labute approximate surface area is 194 Å². The number of sulfonamides is 1. The summed E-state index contributed by atoms with van der Waals surface area (Å²) in [6.45, 7) is 0. The quantitative estimate of drug-likeness (QED) is 0.418. The van der Waals surface area contributed by atoms with Crippen molar-refractivity contribution < 1.29 is 17.9 Å². The van der Waals surface area contributed by atoms with Crippen molar-refractivity contribution in [2.45, 2.75) is 43.0 Å². The first-order valence-electron chi connectivity index (χ1n) is 10.4. The number of carbonyl (C=O) groups excluding carboxylic acids is 1. The van der Waals surface area contributed by atoms with Crippen molar-refractivity contribution in [1.82, 2.24) is 10.0 Å². The number of benzene rings is 2. The van der Waals surface area contributed by atoms with E-state index < -0.39 is 10.0 Å². The fourth-order valence-electron chi connectivity index (χ4n) is 3.43. The molecule has 1 saturated carbocycles. The Bertz CT molecular complexity index is 1060. The summed E-state index contributed by atoms with van der Waals surface area (Å²) in [5, 5.41) is 5.56. The van der Waals surface area contributed by atoms with E-state index in [0.717, 1.165) is 43.4 Å². The molecule has 3 rings (SSSR count). The third-order valence-corrected chi connectivity index (χ3v) is 6.87. The van der Waals surface area contributed by atoms with Gasteiger partial charge >= 0.3 is 0 Å². The molecule has 0 atom stereocenters. The Morgan fingerprint density at radius 2 is 1.69 bits per heavy atom. The number of thiocarbonyl (C=S) groups is 1. The highest BCUT2D eigenvalue weighted by molar-refractivity contribution is 7.89. The molecule has 0 unspecified atom stereocenters. The molecular formula is C23H27N3O4S2. The molecule has 0 aromatic heterocycles. The summed E-state index contributed by atoms with van der Waals surface area (Å²) in [6, 6.07) is 13.5. The fourth-order valence-corrected chi connectivity index (χ4v) is 4.95. The number of nitrogens with one attached hydrogen (secondary N) is 3. The van der Waals surface area contributed by atoms with Gasteiger partial charge in [0, 0.05) is 17.8 Å².